The van der Waals surface area contributed by atoms with Crippen LogP contribution >= 0.6 is 11.8 Å². The number of pyridine rings is 1. The number of rotatable bonds is 5. The van der Waals surface area contributed by atoms with Gasteiger partial charge in [-0.25, -0.2) is 9.78 Å². The minimum Gasteiger partial charge on any atom is -0.462 e. The molecule has 0 spiro atoms. The van der Waals surface area contributed by atoms with E-state index >= 15 is 0 Å². The molecule has 0 saturated carbocycles. The number of nitrogens with one attached hydrogen (secondary N) is 1. The lowest BCUT2D eigenvalue weighted by atomic mass is 10.2. The first-order valence-electron chi connectivity index (χ1n) is 6.29. The maximum atomic E-state index is 11.8. The Bertz CT molecular complexity index is 406. The number of carbonyl (C=O) groups excluding carboxylic acids is 1. The summed E-state index contributed by atoms with van der Waals surface area (Å²) in [5.74, 6) is 1.55. The SMILES string of the molecule is CCOC(=O)c1cccnc1NCC1CCCS1. The number of esters is 1. The molecule has 0 bridgehead atoms. The minimum absolute atomic E-state index is 0.313. The van der Waals surface area contributed by atoms with E-state index in [4.69, 9.17) is 4.74 Å². The van der Waals surface area contributed by atoms with Crippen molar-refractivity contribution in [3.63, 3.8) is 0 Å². The number of hydrogen-bond acceptors (Lipinski definition) is 5. The normalized spacial score (nSPS) is 18.6. The second-order valence-corrected chi connectivity index (χ2v) is 5.54. The van der Waals surface area contributed by atoms with Gasteiger partial charge >= 0.3 is 5.97 Å². The van der Waals surface area contributed by atoms with Crippen LogP contribution in [0.5, 0.6) is 0 Å². The second-order valence-electron chi connectivity index (χ2n) is 4.14. The van der Waals surface area contributed by atoms with Gasteiger partial charge in [-0.05, 0) is 37.7 Å². The number of ether oxygens (including phenoxy) is 1. The van der Waals surface area contributed by atoms with Gasteiger partial charge in [-0.1, -0.05) is 0 Å². The molecule has 1 aromatic heterocycles. The van der Waals surface area contributed by atoms with Crippen LogP contribution in [0.3, 0.4) is 0 Å². The molecule has 0 aromatic carbocycles. The molecule has 0 amide bonds. The van der Waals surface area contributed by atoms with Crippen molar-refractivity contribution < 1.29 is 9.53 Å². The van der Waals surface area contributed by atoms with E-state index in [1.165, 1.54) is 18.6 Å². The van der Waals surface area contributed by atoms with Gasteiger partial charge in [0.2, 0.25) is 0 Å². The van der Waals surface area contributed by atoms with Gasteiger partial charge in [-0.3, -0.25) is 0 Å². The molecule has 0 aliphatic carbocycles. The summed E-state index contributed by atoms with van der Waals surface area (Å²) in [4.78, 5) is 16.0. The van der Waals surface area contributed by atoms with Crippen LogP contribution in [0.25, 0.3) is 0 Å². The highest BCUT2D eigenvalue weighted by molar-refractivity contribution is 8.00. The van der Waals surface area contributed by atoms with E-state index in [1.54, 1.807) is 25.3 Å². The summed E-state index contributed by atoms with van der Waals surface area (Å²) < 4.78 is 5.02. The van der Waals surface area contributed by atoms with Crippen molar-refractivity contribution in [3.8, 4) is 0 Å². The molecule has 1 aromatic rings. The van der Waals surface area contributed by atoms with Crippen LogP contribution in [0, 0.1) is 0 Å². The molecule has 18 heavy (non-hydrogen) atoms. The summed E-state index contributed by atoms with van der Waals surface area (Å²) in [5, 5.41) is 3.89. The van der Waals surface area contributed by atoms with Crippen molar-refractivity contribution in [1.29, 1.82) is 0 Å². The zero-order chi connectivity index (χ0) is 12.8. The van der Waals surface area contributed by atoms with Gasteiger partial charge < -0.3 is 10.1 Å². The Balaban J connectivity index is 2.00. The molecular weight excluding hydrogens is 248 g/mol. The zero-order valence-electron chi connectivity index (χ0n) is 10.5. The topological polar surface area (TPSA) is 51.2 Å². The Labute approximate surface area is 112 Å². The van der Waals surface area contributed by atoms with Crippen LogP contribution in [0.15, 0.2) is 18.3 Å². The van der Waals surface area contributed by atoms with Gasteiger partial charge in [-0.15, -0.1) is 0 Å². The monoisotopic (exact) mass is 266 g/mol. The van der Waals surface area contributed by atoms with Gasteiger partial charge in [0.25, 0.3) is 0 Å². The quantitative estimate of drug-likeness (QED) is 0.830. The number of aromatic nitrogens is 1. The van der Waals surface area contributed by atoms with E-state index in [1.807, 2.05) is 11.8 Å². The van der Waals surface area contributed by atoms with Gasteiger partial charge in [0.05, 0.1) is 6.61 Å². The first-order chi connectivity index (χ1) is 8.81. The van der Waals surface area contributed by atoms with Crippen LogP contribution in [-0.4, -0.2) is 35.1 Å². The number of anilines is 1. The minimum atomic E-state index is -0.313. The molecular formula is C13H18N2O2S. The number of thioether (sulfide) groups is 1. The molecule has 1 aliphatic heterocycles. The Morgan fingerprint density at radius 2 is 2.56 bits per heavy atom. The summed E-state index contributed by atoms with van der Waals surface area (Å²) in [6.07, 6.45) is 4.20. The second kappa shape index (κ2) is 6.64. The van der Waals surface area contributed by atoms with Crippen LogP contribution in [0.4, 0.5) is 5.82 Å². The van der Waals surface area contributed by atoms with Gasteiger partial charge in [0, 0.05) is 18.0 Å². The van der Waals surface area contributed by atoms with Crippen molar-refractivity contribution in [2.75, 3.05) is 24.2 Å². The molecule has 5 heteroatoms. The molecule has 1 aliphatic rings. The summed E-state index contributed by atoms with van der Waals surface area (Å²) in [7, 11) is 0. The van der Waals surface area contributed by atoms with Crippen LogP contribution < -0.4 is 5.32 Å². The summed E-state index contributed by atoms with van der Waals surface area (Å²) in [5.41, 5.74) is 0.516. The summed E-state index contributed by atoms with van der Waals surface area (Å²) in [6, 6.07) is 3.50. The lowest BCUT2D eigenvalue weighted by Crippen LogP contribution is -2.17. The number of nitrogens with zero attached hydrogens (tertiary/aromatic N) is 1. The van der Waals surface area contributed by atoms with Crippen molar-refractivity contribution in [2.45, 2.75) is 25.0 Å². The maximum Gasteiger partial charge on any atom is 0.341 e. The van der Waals surface area contributed by atoms with E-state index < -0.39 is 0 Å². The molecule has 0 radical (unpaired) electrons. The molecule has 1 N–H and O–H groups in total. The fourth-order valence-electron chi connectivity index (χ4n) is 1.94. The van der Waals surface area contributed by atoms with E-state index in [0.717, 1.165) is 6.54 Å². The molecule has 4 nitrogen and oxygen atoms in total. The van der Waals surface area contributed by atoms with Crippen molar-refractivity contribution >= 4 is 23.5 Å². The predicted octanol–water partition coefficient (Wildman–Crippen LogP) is 2.57. The molecule has 1 saturated heterocycles. The summed E-state index contributed by atoms with van der Waals surface area (Å²) >= 11 is 1.98. The third kappa shape index (κ3) is 3.38. The number of hydrogen-bond donors (Lipinski definition) is 1. The molecule has 1 fully saturated rings. The van der Waals surface area contributed by atoms with E-state index in [2.05, 4.69) is 10.3 Å². The van der Waals surface area contributed by atoms with Crippen molar-refractivity contribution in [1.82, 2.24) is 4.98 Å². The third-order valence-electron chi connectivity index (χ3n) is 2.82. The fourth-order valence-corrected chi connectivity index (χ4v) is 3.14. The molecule has 1 atom stereocenters. The highest BCUT2D eigenvalue weighted by Gasteiger charge is 2.17. The van der Waals surface area contributed by atoms with Crippen LogP contribution in [0.2, 0.25) is 0 Å². The Morgan fingerprint density at radius 1 is 1.67 bits per heavy atom. The van der Waals surface area contributed by atoms with Crippen LogP contribution in [-0.2, 0) is 4.74 Å². The predicted molar refractivity (Wildman–Crippen MR) is 74.2 cm³/mol. The first-order valence-corrected chi connectivity index (χ1v) is 7.33. The van der Waals surface area contributed by atoms with E-state index in [-0.39, 0.29) is 5.97 Å². The average molecular weight is 266 g/mol. The van der Waals surface area contributed by atoms with E-state index in [9.17, 15) is 4.79 Å². The Hall–Kier alpha value is -1.23. The first kappa shape index (κ1) is 13.2. The molecule has 2 rings (SSSR count). The largest absolute Gasteiger partial charge is 0.462 e. The number of carbonyl (C=O) groups is 1. The lowest BCUT2D eigenvalue weighted by Gasteiger charge is -2.13. The van der Waals surface area contributed by atoms with Gasteiger partial charge in [0.15, 0.2) is 0 Å². The lowest BCUT2D eigenvalue weighted by molar-refractivity contribution is 0.0527. The van der Waals surface area contributed by atoms with Gasteiger partial charge in [0.1, 0.15) is 11.4 Å². The molecule has 2 heterocycles. The zero-order valence-corrected chi connectivity index (χ0v) is 11.3. The van der Waals surface area contributed by atoms with Crippen molar-refractivity contribution in [2.24, 2.45) is 0 Å². The Morgan fingerprint density at radius 3 is 3.28 bits per heavy atom. The highest BCUT2D eigenvalue weighted by Crippen LogP contribution is 2.26. The molecule has 98 valence electrons. The molecule has 1 unspecified atom stereocenters. The highest BCUT2D eigenvalue weighted by atomic mass is 32.2. The summed E-state index contributed by atoms with van der Waals surface area (Å²) in [6.45, 7) is 3.04. The van der Waals surface area contributed by atoms with Crippen LogP contribution in [0.1, 0.15) is 30.1 Å². The maximum absolute atomic E-state index is 11.8. The van der Waals surface area contributed by atoms with Crippen molar-refractivity contribution in [3.05, 3.63) is 23.9 Å². The smallest absolute Gasteiger partial charge is 0.341 e. The van der Waals surface area contributed by atoms with E-state index in [0.29, 0.717) is 23.2 Å². The Kier molecular flexibility index (Phi) is 4.87. The fraction of sp³-hybridized carbons (Fsp3) is 0.538. The van der Waals surface area contributed by atoms with Gasteiger partial charge in [-0.2, -0.15) is 11.8 Å². The third-order valence-corrected chi connectivity index (χ3v) is 4.22. The average Bonchev–Trinajstić information content (AvgIpc) is 2.90. The standard InChI is InChI=1S/C13H18N2O2S/c1-2-17-13(16)11-6-3-7-14-12(11)15-9-10-5-4-8-18-10/h3,6-7,10H,2,4-5,8-9H2,1H3,(H,14,15).